The Morgan fingerprint density at radius 3 is 2.28 bits per heavy atom. The predicted octanol–water partition coefficient (Wildman–Crippen LogP) is 3.65. The van der Waals surface area contributed by atoms with Crippen LogP contribution in [0.1, 0.15) is 22.6 Å². The van der Waals surface area contributed by atoms with E-state index in [2.05, 4.69) is 24.3 Å². The van der Waals surface area contributed by atoms with Crippen molar-refractivity contribution in [2.45, 2.75) is 12.3 Å². The number of methoxy groups -OCH3 is 4. The molecular weight excluding hydrogens is 372 g/mol. The van der Waals surface area contributed by atoms with Gasteiger partial charge in [-0.2, -0.15) is 0 Å². The zero-order valence-electron chi connectivity index (χ0n) is 17.4. The molecule has 6 nitrogen and oxygen atoms in total. The Kier molecular flexibility index (Phi) is 5.83. The van der Waals surface area contributed by atoms with Crippen LogP contribution in [0.15, 0.2) is 30.3 Å². The van der Waals surface area contributed by atoms with Crippen molar-refractivity contribution in [1.29, 1.82) is 0 Å². The molecule has 156 valence electrons. The minimum absolute atomic E-state index is 0.119. The zero-order chi connectivity index (χ0) is 20.4. The first-order chi connectivity index (χ1) is 14.2. The second-order valence-electron chi connectivity index (χ2n) is 7.54. The molecule has 6 heteroatoms. The Morgan fingerprint density at radius 2 is 1.59 bits per heavy atom. The highest BCUT2D eigenvalue weighted by Gasteiger charge is 2.39. The molecule has 0 radical (unpaired) electrons. The smallest absolute Gasteiger partial charge is 0.231 e. The predicted molar refractivity (Wildman–Crippen MR) is 108 cm³/mol. The third kappa shape index (κ3) is 3.63. The normalized spacial score (nSPS) is 22.3. The molecule has 1 heterocycles. The molecule has 0 bridgehead atoms. The van der Waals surface area contributed by atoms with E-state index in [0.29, 0.717) is 19.1 Å². The molecule has 0 saturated heterocycles. The van der Waals surface area contributed by atoms with Crippen molar-refractivity contribution in [1.82, 2.24) is 0 Å². The van der Waals surface area contributed by atoms with Gasteiger partial charge in [0.05, 0.1) is 20.8 Å². The van der Waals surface area contributed by atoms with Crippen LogP contribution in [0.2, 0.25) is 0 Å². The zero-order valence-corrected chi connectivity index (χ0v) is 17.4. The third-order valence-corrected chi connectivity index (χ3v) is 5.99. The second kappa shape index (κ2) is 8.51. The van der Waals surface area contributed by atoms with E-state index in [4.69, 9.17) is 28.4 Å². The molecule has 1 unspecified atom stereocenters. The first kappa shape index (κ1) is 19.9. The Bertz CT molecular complexity index is 865. The maximum Gasteiger partial charge on any atom is 0.231 e. The van der Waals surface area contributed by atoms with Crippen LogP contribution in [0.5, 0.6) is 23.0 Å². The average Bonchev–Trinajstić information content (AvgIpc) is 3.20. The summed E-state index contributed by atoms with van der Waals surface area (Å²) in [5.74, 6) is 3.75. The fourth-order valence-corrected chi connectivity index (χ4v) is 4.70. The van der Waals surface area contributed by atoms with Gasteiger partial charge < -0.3 is 28.4 Å². The van der Waals surface area contributed by atoms with Gasteiger partial charge in [0, 0.05) is 26.7 Å². The summed E-state index contributed by atoms with van der Waals surface area (Å²) in [7, 11) is 6.82. The van der Waals surface area contributed by atoms with Gasteiger partial charge in [-0.3, -0.25) is 0 Å². The highest BCUT2D eigenvalue weighted by molar-refractivity contribution is 5.55. The van der Waals surface area contributed by atoms with E-state index >= 15 is 0 Å². The molecule has 1 aliphatic heterocycles. The van der Waals surface area contributed by atoms with Crippen LogP contribution in [0, 0.1) is 11.8 Å². The fraction of sp³-hybridized carbons (Fsp3) is 0.478. The average molecular weight is 400 g/mol. The van der Waals surface area contributed by atoms with Crippen LogP contribution >= 0.6 is 0 Å². The van der Waals surface area contributed by atoms with Gasteiger partial charge in [0.15, 0.2) is 23.0 Å². The summed E-state index contributed by atoms with van der Waals surface area (Å²) in [6.45, 7) is 1.58. The summed E-state index contributed by atoms with van der Waals surface area (Å²) in [5, 5.41) is 0. The summed E-state index contributed by atoms with van der Waals surface area (Å²) >= 11 is 0. The lowest BCUT2D eigenvalue weighted by molar-refractivity contribution is 0.0566. The molecule has 0 spiro atoms. The minimum Gasteiger partial charge on any atom is -0.493 e. The minimum atomic E-state index is 0.119. The van der Waals surface area contributed by atoms with E-state index in [0.717, 1.165) is 35.0 Å². The number of fused-ring (bicyclic) bond motifs is 2. The van der Waals surface area contributed by atoms with Crippen molar-refractivity contribution in [2.24, 2.45) is 11.8 Å². The van der Waals surface area contributed by atoms with Crippen molar-refractivity contribution in [3.05, 3.63) is 47.0 Å². The van der Waals surface area contributed by atoms with Crippen LogP contribution in [-0.2, 0) is 15.9 Å². The number of benzene rings is 2. The summed E-state index contributed by atoms with van der Waals surface area (Å²) < 4.78 is 33.5. The van der Waals surface area contributed by atoms with Crippen molar-refractivity contribution in [3.8, 4) is 23.0 Å². The van der Waals surface area contributed by atoms with Gasteiger partial charge in [-0.25, -0.2) is 0 Å². The molecule has 0 aromatic heterocycles. The standard InChI is InChI=1S/C23H28O6/c1-24-11-16-7-15-9-21-22(29-13-28-21)10-17(15)23(18(16)12-25-2)14-5-6-19(26-3)20(8-14)27-4/h5-6,8-10,16,18,23H,7,11-13H2,1-4H3/t16-,18-,23?/m0/s1. The van der Waals surface area contributed by atoms with E-state index in [-0.39, 0.29) is 18.6 Å². The Balaban J connectivity index is 1.86. The van der Waals surface area contributed by atoms with Crippen molar-refractivity contribution in [2.75, 3.05) is 48.4 Å². The van der Waals surface area contributed by atoms with Crippen molar-refractivity contribution >= 4 is 0 Å². The summed E-state index contributed by atoms with van der Waals surface area (Å²) in [4.78, 5) is 0. The molecule has 3 atom stereocenters. The summed E-state index contributed by atoms with van der Waals surface area (Å²) in [6.07, 6.45) is 0.914. The molecule has 1 aliphatic carbocycles. The van der Waals surface area contributed by atoms with Crippen LogP contribution in [0.4, 0.5) is 0 Å². The van der Waals surface area contributed by atoms with E-state index in [1.54, 1.807) is 28.4 Å². The Labute approximate surface area is 171 Å². The highest BCUT2D eigenvalue weighted by atomic mass is 16.7. The molecule has 2 aromatic rings. The van der Waals surface area contributed by atoms with Gasteiger partial charge in [-0.1, -0.05) is 6.07 Å². The lowest BCUT2D eigenvalue weighted by Crippen LogP contribution is -2.36. The molecule has 4 rings (SSSR count). The molecule has 2 aromatic carbocycles. The number of hydrogen-bond acceptors (Lipinski definition) is 6. The van der Waals surface area contributed by atoms with E-state index in [1.165, 1.54) is 11.1 Å². The van der Waals surface area contributed by atoms with Crippen molar-refractivity contribution < 1.29 is 28.4 Å². The molecule has 0 N–H and O–H groups in total. The largest absolute Gasteiger partial charge is 0.493 e. The molecule has 0 fully saturated rings. The van der Waals surface area contributed by atoms with E-state index in [1.807, 2.05) is 6.07 Å². The van der Waals surface area contributed by atoms with Gasteiger partial charge in [0.25, 0.3) is 0 Å². The first-order valence-corrected chi connectivity index (χ1v) is 9.82. The molecule has 0 amide bonds. The number of rotatable bonds is 7. The van der Waals surface area contributed by atoms with Gasteiger partial charge in [-0.15, -0.1) is 0 Å². The van der Waals surface area contributed by atoms with Crippen LogP contribution in [-0.4, -0.2) is 48.4 Å². The van der Waals surface area contributed by atoms with E-state index < -0.39 is 0 Å². The third-order valence-electron chi connectivity index (χ3n) is 5.99. The molecular formula is C23H28O6. The highest BCUT2D eigenvalue weighted by Crippen LogP contribution is 2.49. The van der Waals surface area contributed by atoms with Gasteiger partial charge in [-0.05, 0) is 59.2 Å². The molecule has 2 aliphatic rings. The van der Waals surface area contributed by atoms with Gasteiger partial charge >= 0.3 is 0 Å². The quantitative estimate of drug-likeness (QED) is 0.707. The van der Waals surface area contributed by atoms with Crippen LogP contribution in [0.3, 0.4) is 0 Å². The fourth-order valence-electron chi connectivity index (χ4n) is 4.70. The summed E-state index contributed by atoms with van der Waals surface area (Å²) in [6, 6.07) is 10.4. The monoisotopic (exact) mass is 400 g/mol. The van der Waals surface area contributed by atoms with Gasteiger partial charge in [0.1, 0.15) is 0 Å². The van der Waals surface area contributed by atoms with Crippen LogP contribution < -0.4 is 18.9 Å². The topological polar surface area (TPSA) is 55.4 Å². The maximum atomic E-state index is 5.68. The van der Waals surface area contributed by atoms with Crippen LogP contribution in [0.25, 0.3) is 0 Å². The molecule has 29 heavy (non-hydrogen) atoms. The SMILES string of the molecule is COC[C@@H]1Cc2cc3c(cc2C(c2ccc(OC)c(OC)c2)[C@H]1COC)OCO3. The number of ether oxygens (including phenoxy) is 6. The first-order valence-electron chi connectivity index (χ1n) is 9.82. The second-order valence-corrected chi connectivity index (χ2v) is 7.54. The molecule has 0 saturated carbocycles. The lowest BCUT2D eigenvalue weighted by atomic mass is 9.67. The van der Waals surface area contributed by atoms with Crippen molar-refractivity contribution in [3.63, 3.8) is 0 Å². The lowest BCUT2D eigenvalue weighted by Gasteiger charge is -2.39. The Morgan fingerprint density at radius 1 is 0.862 bits per heavy atom. The van der Waals surface area contributed by atoms with E-state index in [9.17, 15) is 0 Å². The maximum absolute atomic E-state index is 5.68. The Hall–Kier alpha value is -2.44. The van der Waals surface area contributed by atoms with Gasteiger partial charge in [0.2, 0.25) is 6.79 Å². The number of hydrogen-bond donors (Lipinski definition) is 0. The summed E-state index contributed by atoms with van der Waals surface area (Å²) in [5.41, 5.74) is 3.67.